The van der Waals surface area contributed by atoms with E-state index in [1.165, 1.54) is 6.07 Å². The van der Waals surface area contributed by atoms with Crippen molar-refractivity contribution >= 4 is 40.2 Å². The first-order chi connectivity index (χ1) is 12.3. The number of carbonyl (C=O) groups is 1. The highest BCUT2D eigenvalue weighted by atomic mass is 32.1. The molecule has 11 heteroatoms. The minimum Gasteiger partial charge on any atom is -0.465 e. The predicted molar refractivity (Wildman–Crippen MR) is 95.2 cm³/mol. The van der Waals surface area contributed by atoms with Gasteiger partial charge in [0.1, 0.15) is 5.01 Å². The molecule has 0 unspecified atom stereocenters. The zero-order valence-electron chi connectivity index (χ0n) is 15.1. The van der Waals surface area contributed by atoms with Crippen LogP contribution in [0.5, 0.6) is 0 Å². The van der Waals surface area contributed by atoms with Crippen molar-refractivity contribution in [1.29, 1.82) is 0 Å². The quantitative estimate of drug-likeness (QED) is 0.770. The summed E-state index contributed by atoms with van der Waals surface area (Å²) in [6.07, 6.45) is -5.87. The summed E-state index contributed by atoms with van der Waals surface area (Å²) in [4.78, 5) is 14.8. The molecule has 0 bridgehead atoms. The monoisotopic (exact) mass is 402 g/mol. The van der Waals surface area contributed by atoms with Crippen molar-refractivity contribution in [3.63, 3.8) is 0 Å². The number of halogens is 3. The third-order valence-corrected chi connectivity index (χ3v) is 5.88. The lowest BCUT2D eigenvalue weighted by Gasteiger charge is -2.32. The van der Waals surface area contributed by atoms with E-state index in [-0.39, 0.29) is 27.2 Å². The SMILES string of the molecule is CC1(C)OB(c2cc(C(F)(F)F)c3sc(CNC(=O)O)nc3c2)OC1(C)C. The fourth-order valence-electron chi connectivity index (χ4n) is 2.65. The Labute approximate surface area is 157 Å². The third-order valence-electron chi connectivity index (χ3n) is 4.78. The van der Waals surface area contributed by atoms with Crippen molar-refractivity contribution in [2.75, 3.05) is 0 Å². The number of carboxylic acid groups (broad SMARTS) is 1. The molecule has 0 saturated carbocycles. The van der Waals surface area contributed by atoms with Crippen molar-refractivity contribution < 1.29 is 32.4 Å². The summed E-state index contributed by atoms with van der Waals surface area (Å²) in [5.41, 5.74) is -1.88. The Bertz CT molecular complexity index is 882. The zero-order chi connectivity index (χ0) is 20.2. The number of aromatic nitrogens is 1. The normalized spacial score (nSPS) is 18.9. The molecule has 1 aromatic heterocycles. The van der Waals surface area contributed by atoms with E-state index in [0.29, 0.717) is 0 Å². The maximum atomic E-state index is 13.6. The van der Waals surface area contributed by atoms with E-state index >= 15 is 0 Å². The molecule has 2 N–H and O–H groups in total. The number of alkyl halides is 3. The summed E-state index contributed by atoms with van der Waals surface area (Å²) in [5.74, 6) is 0. The molecule has 1 saturated heterocycles. The molecule has 0 radical (unpaired) electrons. The Kier molecular flexibility index (Phi) is 4.68. The van der Waals surface area contributed by atoms with E-state index in [2.05, 4.69) is 10.3 Å². The topological polar surface area (TPSA) is 80.7 Å². The highest BCUT2D eigenvalue weighted by Crippen LogP contribution is 2.39. The molecular weight excluding hydrogens is 384 g/mol. The van der Waals surface area contributed by atoms with Crippen molar-refractivity contribution in [3.05, 3.63) is 22.7 Å². The van der Waals surface area contributed by atoms with Crippen LogP contribution < -0.4 is 10.8 Å². The Balaban J connectivity index is 2.06. The number of hydrogen-bond donors (Lipinski definition) is 2. The molecule has 2 heterocycles. The van der Waals surface area contributed by atoms with Crippen LogP contribution in [0.15, 0.2) is 12.1 Å². The molecule has 1 amide bonds. The van der Waals surface area contributed by atoms with Gasteiger partial charge in [0, 0.05) is 0 Å². The van der Waals surface area contributed by atoms with Gasteiger partial charge in [0.05, 0.1) is 33.5 Å². The largest absolute Gasteiger partial charge is 0.494 e. The Morgan fingerprint density at radius 1 is 1.26 bits per heavy atom. The van der Waals surface area contributed by atoms with Gasteiger partial charge in [-0.15, -0.1) is 11.3 Å². The molecule has 27 heavy (non-hydrogen) atoms. The van der Waals surface area contributed by atoms with E-state index in [0.717, 1.165) is 17.4 Å². The number of fused-ring (bicyclic) bond motifs is 1. The predicted octanol–water partition coefficient (Wildman–Crippen LogP) is 3.38. The second kappa shape index (κ2) is 6.35. The van der Waals surface area contributed by atoms with Gasteiger partial charge in [-0.1, -0.05) is 0 Å². The fourth-order valence-corrected chi connectivity index (χ4v) is 3.67. The average Bonchev–Trinajstić information content (AvgIpc) is 3.01. The smallest absolute Gasteiger partial charge is 0.465 e. The van der Waals surface area contributed by atoms with Gasteiger partial charge in [0.15, 0.2) is 0 Å². The summed E-state index contributed by atoms with van der Waals surface area (Å²) < 4.78 is 52.4. The Hall–Kier alpha value is -1.85. The molecule has 2 aromatic rings. The fraction of sp³-hybridized carbons (Fsp3) is 0.500. The van der Waals surface area contributed by atoms with E-state index in [1.54, 1.807) is 0 Å². The lowest BCUT2D eigenvalue weighted by molar-refractivity contribution is -0.136. The van der Waals surface area contributed by atoms with Gasteiger partial charge in [-0.25, -0.2) is 9.78 Å². The lowest BCUT2D eigenvalue weighted by atomic mass is 9.78. The molecule has 0 atom stereocenters. The van der Waals surface area contributed by atoms with Crippen LogP contribution in [0.3, 0.4) is 0 Å². The minimum atomic E-state index is -4.60. The number of hydrogen-bond acceptors (Lipinski definition) is 5. The van der Waals surface area contributed by atoms with Gasteiger partial charge in [-0.2, -0.15) is 13.2 Å². The molecular formula is C16H18BF3N2O4S. The molecule has 1 aliphatic rings. The van der Waals surface area contributed by atoms with E-state index in [4.69, 9.17) is 14.4 Å². The molecule has 1 aliphatic heterocycles. The van der Waals surface area contributed by atoms with Crippen LogP contribution in [-0.2, 0) is 22.0 Å². The summed E-state index contributed by atoms with van der Waals surface area (Å²) in [6, 6.07) is 2.50. The van der Waals surface area contributed by atoms with Crippen LogP contribution in [0.25, 0.3) is 10.2 Å². The lowest BCUT2D eigenvalue weighted by Crippen LogP contribution is -2.41. The molecule has 6 nitrogen and oxygen atoms in total. The second-order valence-electron chi connectivity index (χ2n) is 7.27. The molecule has 1 aromatic carbocycles. The first-order valence-corrected chi connectivity index (χ1v) is 8.95. The molecule has 0 aliphatic carbocycles. The summed E-state index contributed by atoms with van der Waals surface area (Å²) in [7, 11) is -0.956. The third kappa shape index (κ3) is 3.76. The second-order valence-corrected chi connectivity index (χ2v) is 8.35. The minimum absolute atomic E-state index is 0.0510. The van der Waals surface area contributed by atoms with Crippen LogP contribution >= 0.6 is 11.3 Å². The average molecular weight is 402 g/mol. The van der Waals surface area contributed by atoms with Gasteiger partial charge in [-0.3, -0.25) is 0 Å². The highest BCUT2D eigenvalue weighted by molar-refractivity contribution is 7.18. The van der Waals surface area contributed by atoms with Crippen LogP contribution in [0.4, 0.5) is 18.0 Å². The van der Waals surface area contributed by atoms with Crippen molar-refractivity contribution in [3.8, 4) is 0 Å². The van der Waals surface area contributed by atoms with Crippen LogP contribution in [0.1, 0.15) is 38.3 Å². The standard InChI is InChI=1S/C16H18BF3N2O4S/c1-14(2)15(3,4)26-17(25-14)8-5-9(16(18,19)20)12-10(6-8)22-11(27-12)7-21-13(23)24/h5-6,21H,7H2,1-4H3,(H,23,24). The van der Waals surface area contributed by atoms with Crippen molar-refractivity contribution in [2.24, 2.45) is 0 Å². The van der Waals surface area contributed by atoms with E-state index < -0.39 is 36.2 Å². The number of rotatable bonds is 3. The molecule has 0 spiro atoms. The summed E-state index contributed by atoms with van der Waals surface area (Å²) >= 11 is 0.805. The van der Waals surface area contributed by atoms with Gasteiger partial charge in [-0.05, 0) is 45.3 Å². The molecule has 3 rings (SSSR count). The number of amides is 1. The zero-order valence-corrected chi connectivity index (χ0v) is 15.9. The Morgan fingerprint density at radius 2 is 1.85 bits per heavy atom. The number of benzene rings is 1. The van der Waals surface area contributed by atoms with Crippen molar-refractivity contribution in [2.45, 2.75) is 51.6 Å². The first-order valence-electron chi connectivity index (χ1n) is 8.13. The van der Waals surface area contributed by atoms with Gasteiger partial charge < -0.3 is 19.7 Å². The van der Waals surface area contributed by atoms with Gasteiger partial charge in [0.25, 0.3) is 0 Å². The van der Waals surface area contributed by atoms with Gasteiger partial charge in [0.2, 0.25) is 0 Å². The summed E-state index contributed by atoms with van der Waals surface area (Å²) in [6.45, 7) is 7.09. The van der Waals surface area contributed by atoms with E-state index in [9.17, 15) is 18.0 Å². The first kappa shape index (κ1) is 19.9. The van der Waals surface area contributed by atoms with Crippen LogP contribution in [0, 0.1) is 0 Å². The van der Waals surface area contributed by atoms with Crippen molar-refractivity contribution in [1.82, 2.24) is 10.3 Å². The van der Waals surface area contributed by atoms with E-state index in [1.807, 2.05) is 27.7 Å². The van der Waals surface area contributed by atoms with Gasteiger partial charge >= 0.3 is 19.4 Å². The van der Waals surface area contributed by atoms with Crippen LogP contribution in [-0.4, -0.2) is 34.5 Å². The highest BCUT2D eigenvalue weighted by Gasteiger charge is 2.52. The Morgan fingerprint density at radius 3 is 2.37 bits per heavy atom. The molecule has 146 valence electrons. The van der Waals surface area contributed by atoms with Crippen LogP contribution in [0.2, 0.25) is 0 Å². The summed E-state index contributed by atoms with van der Waals surface area (Å²) in [5, 5.41) is 11.0. The number of thiazole rings is 1. The molecule has 1 fully saturated rings. The maximum absolute atomic E-state index is 13.6. The number of nitrogens with zero attached hydrogens (tertiary/aromatic N) is 1. The maximum Gasteiger partial charge on any atom is 0.494 e. The number of nitrogens with one attached hydrogen (secondary N) is 1.